The van der Waals surface area contributed by atoms with Crippen LogP contribution in [0.15, 0.2) is 53.8 Å². The van der Waals surface area contributed by atoms with Crippen LogP contribution in [0.5, 0.6) is 0 Å². The Morgan fingerprint density at radius 1 is 1.12 bits per heavy atom. The van der Waals surface area contributed by atoms with Gasteiger partial charge in [-0.25, -0.2) is 0 Å². The molecule has 0 saturated heterocycles. The van der Waals surface area contributed by atoms with Crippen molar-refractivity contribution in [1.82, 2.24) is 4.98 Å². The Morgan fingerprint density at radius 2 is 1.88 bits per heavy atom. The summed E-state index contributed by atoms with van der Waals surface area (Å²) in [6.45, 7) is 2.05. The van der Waals surface area contributed by atoms with Crippen molar-refractivity contribution in [2.24, 2.45) is 10.9 Å². The van der Waals surface area contributed by atoms with Crippen LogP contribution in [0.4, 0.5) is 0 Å². The molecule has 0 aliphatic heterocycles. The molecule has 0 fully saturated rings. The normalized spacial score (nSPS) is 11.4. The van der Waals surface area contributed by atoms with Gasteiger partial charge in [0.25, 0.3) is 0 Å². The summed E-state index contributed by atoms with van der Waals surface area (Å²) in [4.78, 5) is 4.24. The molecule has 0 bridgehead atoms. The summed E-state index contributed by atoms with van der Waals surface area (Å²) in [5.74, 6) is 5.42. The zero-order chi connectivity index (χ0) is 11.4. The van der Waals surface area contributed by atoms with Crippen LogP contribution in [-0.2, 0) is 0 Å². The van der Waals surface area contributed by atoms with Gasteiger partial charge in [0.1, 0.15) is 5.71 Å². The highest BCUT2D eigenvalue weighted by molar-refractivity contribution is 6.11. The monoisotopic (exact) mass is 211 g/mol. The third-order valence-electron chi connectivity index (χ3n) is 2.36. The Balaban J connectivity index is 2.42. The highest BCUT2D eigenvalue weighted by Crippen LogP contribution is 2.09. The number of pyridine rings is 1. The molecule has 2 rings (SSSR count). The second-order valence-corrected chi connectivity index (χ2v) is 3.56. The number of aryl methyl sites for hydroxylation is 1. The standard InChI is InChI=1S/C13H13N3/c1-10-5-7-11(8-6-10)13(16-14)12-4-2-3-9-15-12/h2-9H,14H2,1H3. The SMILES string of the molecule is Cc1ccc(C(=NN)c2ccccn2)cc1. The molecule has 3 heteroatoms. The van der Waals surface area contributed by atoms with Gasteiger partial charge in [0.15, 0.2) is 0 Å². The molecule has 0 atom stereocenters. The van der Waals surface area contributed by atoms with Crippen molar-refractivity contribution in [3.05, 3.63) is 65.5 Å². The van der Waals surface area contributed by atoms with Gasteiger partial charge < -0.3 is 5.84 Å². The van der Waals surface area contributed by atoms with E-state index in [0.717, 1.165) is 11.3 Å². The number of hydrogen-bond donors (Lipinski definition) is 1. The predicted octanol–water partition coefficient (Wildman–Crippen LogP) is 2.10. The minimum absolute atomic E-state index is 0.709. The topological polar surface area (TPSA) is 51.3 Å². The van der Waals surface area contributed by atoms with Gasteiger partial charge in [0, 0.05) is 11.8 Å². The number of aromatic nitrogens is 1. The summed E-state index contributed by atoms with van der Waals surface area (Å²) in [6, 6.07) is 13.7. The van der Waals surface area contributed by atoms with Gasteiger partial charge in [-0.3, -0.25) is 4.98 Å². The van der Waals surface area contributed by atoms with Crippen molar-refractivity contribution >= 4 is 5.71 Å². The zero-order valence-electron chi connectivity index (χ0n) is 9.09. The van der Waals surface area contributed by atoms with Gasteiger partial charge in [-0.15, -0.1) is 0 Å². The fourth-order valence-corrected chi connectivity index (χ4v) is 1.50. The molecule has 0 saturated carbocycles. The molecule has 1 aromatic carbocycles. The van der Waals surface area contributed by atoms with Gasteiger partial charge in [0.05, 0.1) is 5.69 Å². The van der Waals surface area contributed by atoms with Crippen LogP contribution in [0.1, 0.15) is 16.8 Å². The van der Waals surface area contributed by atoms with Crippen molar-refractivity contribution in [1.29, 1.82) is 0 Å². The van der Waals surface area contributed by atoms with Gasteiger partial charge in [-0.2, -0.15) is 5.10 Å². The first-order valence-corrected chi connectivity index (χ1v) is 5.07. The summed E-state index contributed by atoms with van der Waals surface area (Å²) in [7, 11) is 0. The molecule has 1 heterocycles. The zero-order valence-corrected chi connectivity index (χ0v) is 9.09. The van der Waals surface area contributed by atoms with Crippen LogP contribution in [0.25, 0.3) is 0 Å². The Kier molecular flexibility index (Phi) is 2.96. The average Bonchev–Trinajstić information content (AvgIpc) is 2.34. The Hall–Kier alpha value is -2.16. The maximum absolute atomic E-state index is 5.42. The summed E-state index contributed by atoms with van der Waals surface area (Å²) in [6.07, 6.45) is 1.73. The lowest BCUT2D eigenvalue weighted by molar-refractivity contribution is 1.21. The summed E-state index contributed by atoms with van der Waals surface area (Å²) in [5, 5.41) is 3.81. The van der Waals surface area contributed by atoms with Crippen LogP contribution in [0.3, 0.4) is 0 Å². The maximum Gasteiger partial charge on any atom is 0.115 e. The minimum atomic E-state index is 0.709. The Labute approximate surface area is 94.6 Å². The third-order valence-corrected chi connectivity index (χ3v) is 2.36. The van der Waals surface area contributed by atoms with E-state index in [0.29, 0.717) is 5.71 Å². The number of benzene rings is 1. The van der Waals surface area contributed by atoms with E-state index in [4.69, 9.17) is 5.84 Å². The summed E-state index contributed by atoms with van der Waals surface area (Å²) in [5.41, 5.74) is 3.68. The highest BCUT2D eigenvalue weighted by Gasteiger charge is 2.06. The lowest BCUT2D eigenvalue weighted by atomic mass is 10.1. The average molecular weight is 211 g/mol. The predicted molar refractivity (Wildman–Crippen MR) is 65.2 cm³/mol. The number of nitrogens with two attached hydrogens (primary N) is 1. The molecule has 0 spiro atoms. The Morgan fingerprint density at radius 3 is 2.44 bits per heavy atom. The molecule has 0 amide bonds. The van der Waals surface area contributed by atoms with E-state index in [-0.39, 0.29) is 0 Å². The van der Waals surface area contributed by atoms with Crippen LogP contribution in [0, 0.1) is 6.92 Å². The van der Waals surface area contributed by atoms with Crippen LogP contribution in [0.2, 0.25) is 0 Å². The molecule has 3 nitrogen and oxygen atoms in total. The first kappa shape index (κ1) is 10.4. The van der Waals surface area contributed by atoms with Crippen molar-refractivity contribution in [2.75, 3.05) is 0 Å². The lowest BCUT2D eigenvalue weighted by Crippen LogP contribution is -2.08. The lowest BCUT2D eigenvalue weighted by Gasteiger charge is -2.04. The summed E-state index contributed by atoms with van der Waals surface area (Å²) >= 11 is 0. The van der Waals surface area contributed by atoms with Crippen LogP contribution < -0.4 is 5.84 Å². The van der Waals surface area contributed by atoms with Crippen molar-refractivity contribution < 1.29 is 0 Å². The highest BCUT2D eigenvalue weighted by atomic mass is 15.1. The van der Waals surface area contributed by atoms with E-state index in [2.05, 4.69) is 10.1 Å². The maximum atomic E-state index is 5.42. The van der Waals surface area contributed by atoms with E-state index in [1.165, 1.54) is 5.56 Å². The third kappa shape index (κ3) is 2.08. The molecule has 0 unspecified atom stereocenters. The van der Waals surface area contributed by atoms with Gasteiger partial charge >= 0.3 is 0 Å². The molecule has 16 heavy (non-hydrogen) atoms. The molecule has 0 aliphatic rings. The van der Waals surface area contributed by atoms with Gasteiger partial charge in [-0.1, -0.05) is 35.9 Å². The van der Waals surface area contributed by atoms with Crippen molar-refractivity contribution in [2.45, 2.75) is 6.92 Å². The first-order valence-electron chi connectivity index (χ1n) is 5.07. The van der Waals surface area contributed by atoms with Crippen LogP contribution in [-0.4, -0.2) is 10.7 Å². The number of hydrazone groups is 1. The molecule has 1 aromatic heterocycles. The van der Waals surface area contributed by atoms with Gasteiger partial charge in [-0.05, 0) is 19.1 Å². The largest absolute Gasteiger partial charge is 0.323 e. The van der Waals surface area contributed by atoms with Crippen LogP contribution >= 0.6 is 0 Å². The molecular weight excluding hydrogens is 198 g/mol. The summed E-state index contributed by atoms with van der Waals surface area (Å²) < 4.78 is 0. The van der Waals surface area contributed by atoms with E-state index < -0.39 is 0 Å². The Bertz CT molecular complexity index is 486. The molecule has 80 valence electrons. The molecule has 2 N–H and O–H groups in total. The first-order chi connectivity index (χ1) is 7.81. The fourth-order valence-electron chi connectivity index (χ4n) is 1.50. The van der Waals surface area contributed by atoms with Gasteiger partial charge in [0.2, 0.25) is 0 Å². The number of rotatable bonds is 2. The van der Waals surface area contributed by atoms with E-state index in [9.17, 15) is 0 Å². The van der Waals surface area contributed by atoms with E-state index in [1.54, 1.807) is 6.20 Å². The molecule has 0 aliphatic carbocycles. The molecular formula is C13H13N3. The number of nitrogens with zero attached hydrogens (tertiary/aromatic N) is 2. The quantitative estimate of drug-likeness (QED) is 0.470. The minimum Gasteiger partial charge on any atom is -0.323 e. The van der Waals surface area contributed by atoms with E-state index in [1.807, 2.05) is 49.4 Å². The molecule has 2 aromatic rings. The fraction of sp³-hybridized carbons (Fsp3) is 0.0769. The van der Waals surface area contributed by atoms with E-state index >= 15 is 0 Å². The molecule has 0 radical (unpaired) electrons. The second kappa shape index (κ2) is 4.57. The van der Waals surface area contributed by atoms with Crippen molar-refractivity contribution in [3.8, 4) is 0 Å². The smallest absolute Gasteiger partial charge is 0.115 e. The number of hydrogen-bond acceptors (Lipinski definition) is 3. The van der Waals surface area contributed by atoms with Crippen molar-refractivity contribution in [3.63, 3.8) is 0 Å². The second-order valence-electron chi connectivity index (χ2n) is 3.56.